The van der Waals surface area contributed by atoms with Crippen LogP contribution in [0.25, 0.3) is 28.2 Å². The predicted molar refractivity (Wildman–Crippen MR) is 97.6 cm³/mol. The Bertz CT molecular complexity index is 1090. The first-order valence-electron chi connectivity index (χ1n) is 7.68. The molecule has 2 amide bonds. The number of amides is 2. The number of nitrogens with zero attached hydrogens (tertiary/aromatic N) is 2. The Morgan fingerprint density at radius 2 is 2.08 bits per heavy atom. The quantitative estimate of drug-likeness (QED) is 0.708. The lowest BCUT2D eigenvalue weighted by Gasteiger charge is -2.06. The van der Waals surface area contributed by atoms with Crippen molar-refractivity contribution in [3.63, 3.8) is 0 Å². The van der Waals surface area contributed by atoms with Crippen LogP contribution >= 0.6 is 11.8 Å². The van der Waals surface area contributed by atoms with Crippen LogP contribution in [0.15, 0.2) is 40.0 Å². The van der Waals surface area contributed by atoms with Gasteiger partial charge in [0.1, 0.15) is 11.3 Å². The topological polar surface area (TPSA) is 94.3 Å². The Morgan fingerprint density at radius 1 is 1.23 bits per heavy atom. The average molecular weight is 367 g/mol. The van der Waals surface area contributed by atoms with Crippen molar-refractivity contribution >= 4 is 40.0 Å². The molecule has 1 aliphatic rings. The Kier molecular flexibility index (Phi) is 3.96. The van der Waals surface area contributed by atoms with Crippen LogP contribution in [0.4, 0.5) is 4.79 Å². The fraction of sp³-hybridized carbons (Fsp3) is 0.111. The molecular formula is C18H13N3O4S. The molecule has 3 aromatic heterocycles. The zero-order chi connectivity index (χ0) is 18.3. The third-order valence-electron chi connectivity index (χ3n) is 3.89. The highest BCUT2D eigenvalue weighted by molar-refractivity contribution is 8.18. The maximum Gasteiger partial charge on any atom is 0.290 e. The van der Waals surface area contributed by atoms with E-state index in [1.807, 2.05) is 13.0 Å². The van der Waals surface area contributed by atoms with Crippen LogP contribution in [0.2, 0.25) is 0 Å². The first kappa shape index (κ1) is 16.3. The van der Waals surface area contributed by atoms with Gasteiger partial charge in [0.05, 0.1) is 12.0 Å². The summed E-state index contributed by atoms with van der Waals surface area (Å²) in [6, 6.07) is 3.72. The van der Waals surface area contributed by atoms with Crippen LogP contribution in [0, 0.1) is 6.92 Å². The van der Waals surface area contributed by atoms with Crippen LogP contribution < -0.4 is 10.1 Å². The molecular weight excluding hydrogens is 354 g/mol. The fourth-order valence-corrected chi connectivity index (χ4v) is 3.39. The number of hydrogen-bond acceptors (Lipinski definition) is 7. The van der Waals surface area contributed by atoms with Gasteiger partial charge in [0, 0.05) is 46.7 Å². The van der Waals surface area contributed by atoms with Crippen molar-refractivity contribution in [3.8, 4) is 17.0 Å². The number of furan rings is 1. The summed E-state index contributed by atoms with van der Waals surface area (Å²) in [5.41, 5.74) is 3.16. The molecule has 0 spiro atoms. The molecule has 0 saturated carbocycles. The third kappa shape index (κ3) is 2.84. The monoisotopic (exact) mass is 367 g/mol. The molecule has 130 valence electrons. The van der Waals surface area contributed by atoms with E-state index < -0.39 is 5.91 Å². The number of aryl methyl sites for hydroxylation is 1. The Hall–Kier alpha value is -3.13. The summed E-state index contributed by atoms with van der Waals surface area (Å²) < 4.78 is 11.1. The number of thioether (sulfide) groups is 1. The second-order valence-corrected chi connectivity index (χ2v) is 6.67. The summed E-state index contributed by atoms with van der Waals surface area (Å²) >= 11 is 0.847. The summed E-state index contributed by atoms with van der Waals surface area (Å²) in [5, 5.41) is 2.62. The highest BCUT2D eigenvalue weighted by Crippen LogP contribution is 2.33. The number of carbonyl (C=O) groups is 2. The van der Waals surface area contributed by atoms with Gasteiger partial charge in [-0.25, -0.2) is 4.98 Å². The SMILES string of the molecule is COc1ncc(-c2cncc3cc(/C=C4\SC(=O)NC4=O)oc23)cc1C. The molecule has 1 N–H and O–H groups in total. The van der Waals surface area contributed by atoms with E-state index in [0.29, 0.717) is 22.1 Å². The number of fused-ring (bicyclic) bond motifs is 1. The molecule has 8 heteroatoms. The fourth-order valence-electron chi connectivity index (χ4n) is 2.73. The summed E-state index contributed by atoms with van der Waals surface area (Å²) in [7, 11) is 1.57. The van der Waals surface area contributed by atoms with Crippen molar-refractivity contribution in [1.29, 1.82) is 0 Å². The second kappa shape index (κ2) is 6.30. The van der Waals surface area contributed by atoms with Crippen molar-refractivity contribution in [2.24, 2.45) is 0 Å². The maximum atomic E-state index is 11.7. The highest BCUT2D eigenvalue weighted by Gasteiger charge is 2.25. The van der Waals surface area contributed by atoms with Gasteiger partial charge in [-0.2, -0.15) is 0 Å². The predicted octanol–water partition coefficient (Wildman–Crippen LogP) is 3.53. The maximum absolute atomic E-state index is 11.7. The Balaban J connectivity index is 1.79. The number of carbonyl (C=O) groups excluding carboxylic acids is 2. The minimum absolute atomic E-state index is 0.297. The molecule has 1 saturated heterocycles. The van der Waals surface area contributed by atoms with E-state index in [4.69, 9.17) is 9.15 Å². The summed E-state index contributed by atoms with van der Waals surface area (Å²) in [6.07, 6.45) is 6.63. The largest absolute Gasteiger partial charge is 0.481 e. The van der Waals surface area contributed by atoms with Crippen molar-refractivity contribution in [3.05, 3.63) is 47.0 Å². The van der Waals surface area contributed by atoms with Gasteiger partial charge in [0.15, 0.2) is 0 Å². The molecule has 4 rings (SSSR count). The van der Waals surface area contributed by atoms with Crippen molar-refractivity contribution in [2.45, 2.75) is 6.92 Å². The van der Waals surface area contributed by atoms with Gasteiger partial charge in [-0.15, -0.1) is 0 Å². The van der Waals surface area contributed by atoms with E-state index >= 15 is 0 Å². The smallest absolute Gasteiger partial charge is 0.290 e. The number of hydrogen-bond donors (Lipinski definition) is 1. The number of methoxy groups -OCH3 is 1. The lowest BCUT2D eigenvalue weighted by molar-refractivity contribution is -0.115. The standard InChI is InChI=1S/C18H13N3O4S/c1-9-3-10(7-20-17(9)24-2)13-8-19-6-11-4-12(25-15(11)13)5-14-16(22)21-18(23)26-14/h3-8H,1-2H3,(H,21,22,23)/b14-5-. The van der Waals surface area contributed by atoms with Crippen LogP contribution in [0.1, 0.15) is 11.3 Å². The van der Waals surface area contributed by atoms with E-state index in [-0.39, 0.29) is 5.24 Å². The lowest BCUT2D eigenvalue weighted by Crippen LogP contribution is -2.17. The van der Waals surface area contributed by atoms with Crippen LogP contribution in [-0.4, -0.2) is 28.2 Å². The number of pyridine rings is 2. The number of aromatic nitrogens is 2. The molecule has 0 atom stereocenters. The van der Waals surface area contributed by atoms with E-state index in [1.165, 1.54) is 0 Å². The van der Waals surface area contributed by atoms with Crippen LogP contribution in [-0.2, 0) is 4.79 Å². The number of rotatable bonds is 3. The van der Waals surface area contributed by atoms with E-state index in [9.17, 15) is 9.59 Å². The molecule has 26 heavy (non-hydrogen) atoms. The van der Waals surface area contributed by atoms with E-state index in [2.05, 4.69) is 15.3 Å². The molecule has 0 aliphatic carbocycles. The molecule has 4 heterocycles. The molecule has 0 unspecified atom stereocenters. The normalized spacial score (nSPS) is 15.7. The molecule has 0 aromatic carbocycles. The van der Waals surface area contributed by atoms with Gasteiger partial charge in [-0.1, -0.05) is 0 Å². The van der Waals surface area contributed by atoms with Gasteiger partial charge in [0.2, 0.25) is 5.88 Å². The first-order valence-corrected chi connectivity index (χ1v) is 8.50. The third-order valence-corrected chi connectivity index (χ3v) is 4.70. The second-order valence-electron chi connectivity index (χ2n) is 5.66. The average Bonchev–Trinajstić information content (AvgIpc) is 3.16. The molecule has 1 aliphatic heterocycles. The number of imide groups is 1. The number of ether oxygens (including phenoxy) is 1. The van der Waals surface area contributed by atoms with Gasteiger partial charge >= 0.3 is 0 Å². The summed E-state index contributed by atoms with van der Waals surface area (Å²) in [6.45, 7) is 1.91. The molecule has 3 aromatic rings. The van der Waals surface area contributed by atoms with Gasteiger partial charge in [-0.3, -0.25) is 19.9 Å². The zero-order valence-electron chi connectivity index (χ0n) is 13.9. The summed E-state index contributed by atoms with van der Waals surface area (Å²) in [5.74, 6) is 0.612. The minimum atomic E-state index is -0.422. The minimum Gasteiger partial charge on any atom is -0.481 e. The highest BCUT2D eigenvalue weighted by atomic mass is 32.2. The van der Waals surface area contributed by atoms with Crippen molar-refractivity contribution in [2.75, 3.05) is 7.11 Å². The number of nitrogens with one attached hydrogen (secondary N) is 1. The van der Waals surface area contributed by atoms with E-state index in [1.54, 1.807) is 37.8 Å². The van der Waals surface area contributed by atoms with Gasteiger partial charge in [-0.05, 0) is 30.8 Å². The first-order chi connectivity index (χ1) is 12.5. The van der Waals surface area contributed by atoms with Gasteiger partial charge < -0.3 is 9.15 Å². The van der Waals surface area contributed by atoms with Crippen molar-refractivity contribution < 1.29 is 18.7 Å². The van der Waals surface area contributed by atoms with Gasteiger partial charge in [0.25, 0.3) is 11.1 Å². The molecule has 1 fully saturated rings. The lowest BCUT2D eigenvalue weighted by atomic mass is 10.1. The molecule has 0 radical (unpaired) electrons. The zero-order valence-corrected chi connectivity index (χ0v) is 14.7. The van der Waals surface area contributed by atoms with Crippen LogP contribution in [0.3, 0.4) is 0 Å². The Morgan fingerprint density at radius 3 is 2.77 bits per heavy atom. The van der Waals surface area contributed by atoms with Crippen molar-refractivity contribution in [1.82, 2.24) is 15.3 Å². The molecule has 7 nitrogen and oxygen atoms in total. The van der Waals surface area contributed by atoms with E-state index in [0.717, 1.165) is 33.8 Å². The van der Waals surface area contributed by atoms with Crippen LogP contribution in [0.5, 0.6) is 5.88 Å². The summed E-state index contributed by atoms with van der Waals surface area (Å²) in [4.78, 5) is 31.8. The molecule has 0 bridgehead atoms. The Labute approximate surface area is 152 Å².